The van der Waals surface area contributed by atoms with Gasteiger partial charge in [0.25, 0.3) is 0 Å². The van der Waals surface area contributed by atoms with E-state index >= 15 is 0 Å². The second-order valence-corrected chi connectivity index (χ2v) is 6.89. The number of nitrogens with zero attached hydrogens (tertiary/aromatic N) is 1. The van der Waals surface area contributed by atoms with Gasteiger partial charge in [-0.15, -0.1) is 0 Å². The van der Waals surface area contributed by atoms with E-state index in [1.165, 1.54) is 18.4 Å². The van der Waals surface area contributed by atoms with E-state index in [0.29, 0.717) is 11.3 Å². The van der Waals surface area contributed by atoms with E-state index in [1.807, 2.05) is 12.3 Å². The predicted octanol–water partition coefficient (Wildman–Crippen LogP) is 3.76. The molecule has 0 aliphatic rings. The third-order valence-corrected chi connectivity index (χ3v) is 3.64. The maximum atomic E-state index is 5.15. The van der Waals surface area contributed by atoms with Gasteiger partial charge in [-0.3, -0.25) is 0 Å². The summed E-state index contributed by atoms with van der Waals surface area (Å²) in [6.45, 7) is 13.5. The SMILES string of the molecule is CCCC(C)(CNCC(C)C)CN(C)Cc1ccoc1. The minimum atomic E-state index is 0.335. The van der Waals surface area contributed by atoms with Crippen molar-refractivity contribution in [3.8, 4) is 0 Å². The summed E-state index contributed by atoms with van der Waals surface area (Å²) in [5, 5.41) is 3.63. The second kappa shape index (κ2) is 8.48. The first-order valence-corrected chi connectivity index (χ1v) is 7.85. The molecule has 0 saturated heterocycles. The van der Waals surface area contributed by atoms with Gasteiger partial charge in [0.15, 0.2) is 0 Å². The molecular weight excluding hydrogens is 248 g/mol. The van der Waals surface area contributed by atoms with Crippen LogP contribution in [0.2, 0.25) is 0 Å². The van der Waals surface area contributed by atoms with E-state index in [4.69, 9.17) is 4.42 Å². The third-order valence-electron chi connectivity index (χ3n) is 3.64. The van der Waals surface area contributed by atoms with Crippen molar-refractivity contribution < 1.29 is 4.42 Å². The zero-order valence-electron chi connectivity index (χ0n) is 13.9. The van der Waals surface area contributed by atoms with Crippen LogP contribution < -0.4 is 5.32 Å². The highest BCUT2D eigenvalue weighted by Gasteiger charge is 2.25. The molecule has 1 unspecified atom stereocenters. The van der Waals surface area contributed by atoms with E-state index < -0.39 is 0 Å². The lowest BCUT2D eigenvalue weighted by atomic mass is 9.84. The number of hydrogen-bond donors (Lipinski definition) is 1. The molecule has 20 heavy (non-hydrogen) atoms. The fourth-order valence-corrected chi connectivity index (χ4v) is 2.89. The van der Waals surface area contributed by atoms with Crippen molar-refractivity contribution >= 4 is 0 Å². The van der Waals surface area contributed by atoms with E-state index in [9.17, 15) is 0 Å². The summed E-state index contributed by atoms with van der Waals surface area (Å²) in [4.78, 5) is 2.40. The van der Waals surface area contributed by atoms with Gasteiger partial charge in [-0.05, 0) is 37.4 Å². The van der Waals surface area contributed by atoms with Gasteiger partial charge in [-0.2, -0.15) is 0 Å². The van der Waals surface area contributed by atoms with Crippen LogP contribution in [0.4, 0.5) is 0 Å². The van der Waals surface area contributed by atoms with Gasteiger partial charge in [-0.1, -0.05) is 34.1 Å². The van der Waals surface area contributed by atoms with Crippen LogP contribution in [0, 0.1) is 11.3 Å². The molecule has 1 N–H and O–H groups in total. The molecule has 0 amide bonds. The zero-order chi connectivity index (χ0) is 15.0. The Labute approximate surface area is 124 Å². The van der Waals surface area contributed by atoms with Crippen LogP contribution >= 0.6 is 0 Å². The Kier molecular flexibility index (Phi) is 7.31. The maximum absolute atomic E-state index is 5.15. The second-order valence-electron chi connectivity index (χ2n) is 6.89. The van der Waals surface area contributed by atoms with E-state index in [-0.39, 0.29) is 0 Å². The summed E-state index contributed by atoms with van der Waals surface area (Å²) >= 11 is 0. The molecule has 0 aliphatic carbocycles. The first kappa shape index (κ1) is 17.3. The maximum Gasteiger partial charge on any atom is 0.0947 e. The molecule has 1 aromatic rings. The first-order valence-electron chi connectivity index (χ1n) is 7.85. The van der Waals surface area contributed by atoms with Crippen molar-refractivity contribution in [3.63, 3.8) is 0 Å². The zero-order valence-corrected chi connectivity index (χ0v) is 13.9. The Morgan fingerprint density at radius 3 is 2.70 bits per heavy atom. The van der Waals surface area contributed by atoms with Crippen LogP contribution in [0.3, 0.4) is 0 Å². The fourth-order valence-electron chi connectivity index (χ4n) is 2.89. The summed E-state index contributed by atoms with van der Waals surface area (Å²) in [5.41, 5.74) is 1.59. The van der Waals surface area contributed by atoms with Gasteiger partial charge in [0.05, 0.1) is 12.5 Å². The normalized spacial score (nSPS) is 14.9. The molecule has 0 radical (unpaired) electrons. The Balaban J connectivity index is 2.46. The van der Waals surface area contributed by atoms with Crippen molar-refractivity contribution in [1.82, 2.24) is 10.2 Å². The molecule has 1 atom stereocenters. The van der Waals surface area contributed by atoms with Crippen LogP contribution in [0.1, 0.15) is 46.1 Å². The van der Waals surface area contributed by atoms with E-state index in [2.05, 4.69) is 45.0 Å². The van der Waals surface area contributed by atoms with Gasteiger partial charge in [0, 0.05) is 25.2 Å². The molecule has 116 valence electrons. The molecule has 0 bridgehead atoms. The van der Waals surface area contributed by atoms with Crippen molar-refractivity contribution in [2.45, 2.75) is 47.1 Å². The molecule has 0 spiro atoms. The largest absolute Gasteiger partial charge is 0.472 e. The molecule has 3 heteroatoms. The Morgan fingerprint density at radius 1 is 1.40 bits per heavy atom. The predicted molar refractivity (Wildman–Crippen MR) is 85.8 cm³/mol. The smallest absolute Gasteiger partial charge is 0.0947 e. The molecule has 3 nitrogen and oxygen atoms in total. The molecule has 0 aliphatic heterocycles. The van der Waals surface area contributed by atoms with Crippen molar-refractivity contribution in [2.75, 3.05) is 26.7 Å². The van der Waals surface area contributed by atoms with Crippen LogP contribution in [0.5, 0.6) is 0 Å². The van der Waals surface area contributed by atoms with E-state index in [0.717, 1.165) is 26.2 Å². The fraction of sp³-hybridized carbons (Fsp3) is 0.765. The Morgan fingerprint density at radius 2 is 2.15 bits per heavy atom. The van der Waals surface area contributed by atoms with Crippen molar-refractivity contribution in [1.29, 1.82) is 0 Å². The molecule has 0 aromatic carbocycles. The molecule has 0 saturated carbocycles. The molecule has 1 aromatic heterocycles. The summed E-state index contributed by atoms with van der Waals surface area (Å²) in [6.07, 6.45) is 6.08. The molecule has 1 heterocycles. The minimum Gasteiger partial charge on any atom is -0.472 e. The molecule has 0 fully saturated rings. The summed E-state index contributed by atoms with van der Waals surface area (Å²) in [5.74, 6) is 0.713. The Hall–Kier alpha value is -0.800. The van der Waals surface area contributed by atoms with Gasteiger partial charge in [0.1, 0.15) is 0 Å². The summed E-state index contributed by atoms with van der Waals surface area (Å²) < 4.78 is 5.15. The lowest BCUT2D eigenvalue weighted by molar-refractivity contribution is 0.167. The summed E-state index contributed by atoms with van der Waals surface area (Å²) in [7, 11) is 2.20. The topological polar surface area (TPSA) is 28.4 Å². The highest BCUT2D eigenvalue weighted by Crippen LogP contribution is 2.24. The lowest BCUT2D eigenvalue weighted by Crippen LogP contribution is -2.41. The van der Waals surface area contributed by atoms with E-state index in [1.54, 1.807) is 6.26 Å². The standard InChI is InChI=1S/C17H32N2O/c1-6-8-17(4,13-18-10-15(2)3)14-19(5)11-16-7-9-20-12-16/h7,9,12,15,18H,6,8,10-11,13-14H2,1-5H3. The first-order chi connectivity index (χ1) is 9.45. The highest BCUT2D eigenvalue weighted by atomic mass is 16.3. The molecule has 1 rings (SSSR count). The number of furan rings is 1. The van der Waals surface area contributed by atoms with Gasteiger partial charge >= 0.3 is 0 Å². The average molecular weight is 280 g/mol. The lowest BCUT2D eigenvalue weighted by Gasteiger charge is -2.34. The number of rotatable bonds is 10. The van der Waals surface area contributed by atoms with Crippen LogP contribution in [0.25, 0.3) is 0 Å². The third kappa shape index (κ3) is 6.58. The summed E-state index contributed by atoms with van der Waals surface area (Å²) in [6, 6.07) is 2.05. The monoisotopic (exact) mass is 280 g/mol. The van der Waals surface area contributed by atoms with Gasteiger partial charge in [0.2, 0.25) is 0 Å². The Bertz CT molecular complexity index is 348. The number of nitrogens with one attached hydrogen (secondary N) is 1. The van der Waals surface area contributed by atoms with Crippen LogP contribution in [-0.2, 0) is 6.54 Å². The van der Waals surface area contributed by atoms with Crippen LogP contribution in [-0.4, -0.2) is 31.6 Å². The van der Waals surface area contributed by atoms with Crippen molar-refractivity contribution in [2.24, 2.45) is 11.3 Å². The van der Waals surface area contributed by atoms with Gasteiger partial charge in [-0.25, -0.2) is 0 Å². The highest BCUT2D eigenvalue weighted by molar-refractivity contribution is 5.04. The van der Waals surface area contributed by atoms with Gasteiger partial charge < -0.3 is 14.6 Å². The minimum absolute atomic E-state index is 0.335. The number of hydrogen-bond acceptors (Lipinski definition) is 3. The van der Waals surface area contributed by atoms with Crippen molar-refractivity contribution in [3.05, 3.63) is 24.2 Å². The average Bonchev–Trinajstić information content (AvgIpc) is 2.80. The van der Waals surface area contributed by atoms with Crippen LogP contribution in [0.15, 0.2) is 23.0 Å². The molecular formula is C17H32N2O. The quantitative estimate of drug-likeness (QED) is 0.707.